The Balaban J connectivity index is 3.08. The number of imide groups is 1. The molecule has 0 aromatic heterocycles. The van der Waals surface area contributed by atoms with Crippen LogP contribution in [0, 0.1) is 5.92 Å². The maximum absolute atomic E-state index is 12.2. The lowest BCUT2D eigenvalue weighted by molar-refractivity contribution is -0.793. The van der Waals surface area contributed by atoms with E-state index in [1.807, 2.05) is 0 Å². The Bertz CT molecular complexity index is 312. The van der Waals surface area contributed by atoms with E-state index < -0.39 is 10.6 Å². The van der Waals surface area contributed by atoms with Crippen LogP contribution >= 0.6 is 24.2 Å². The third-order valence-corrected chi connectivity index (χ3v) is 4.13. The van der Waals surface area contributed by atoms with Crippen molar-refractivity contribution in [2.24, 2.45) is 5.92 Å². The molecule has 1 aliphatic heterocycles. The normalized spacial score (nSPS) is 36.0. The molecule has 0 aromatic carbocycles. The summed E-state index contributed by atoms with van der Waals surface area (Å²) in [6.45, 7) is 3.64. The highest BCUT2D eigenvalue weighted by Crippen LogP contribution is 2.33. The molecule has 0 saturated carbocycles. The Labute approximate surface area is 106 Å². The van der Waals surface area contributed by atoms with Gasteiger partial charge in [0.2, 0.25) is 0 Å². The molecule has 4 atom stereocenters. The number of rotatable bonds is 2. The Kier molecular flexibility index (Phi) is 4.26. The van der Waals surface area contributed by atoms with Crippen molar-refractivity contribution in [3.63, 3.8) is 0 Å². The molecule has 4 nitrogen and oxygen atoms in total. The molecule has 1 unspecified atom stereocenters. The molecule has 1 saturated heterocycles. The standard InChI is InChI=1S/C10H16ClNO3S/c1-6(5-16)9(13)12(10(14)15)4-8(11)3-7(12)2/h6-8H,3-5H2,1-2H3,(H-,14,15,16)/p+1/t6?,7-,8-,12-/m1/s1. The molecule has 16 heavy (non-hydrogen) atoms. The fourth-order valence-electron chi connectivity index (χ4n) is 2.26. The second-order valence-corrected chi connectivity index (χ2v) is 5.42. The number of carboxylic acid groups (broad SMARTS) is 1. The van der Waals surface area contributed by atoms with Gasteiger partial charge in [-0.05, 0) is 13.8 Å². The van der Waals surface area contributed by atoms with E-state index in [0.717, 1.165) is 0 Å². The first kappa shape index (κ1) is 13.8. The van der Waals surface area contributed by atoms with Crippen LogP contribution in [0.1, 0.15) is 20.3 Å². The summed E-state index contributed by atoms with van der Waals surface area (Å²) >= 11 is 10.0. The first-order valence-electron chi connectivity index (χ1n) is 5.26. The summed E-state index contributed by atoms with van der Waals surface area (Å²) < 4.78 is -0.546. The first-order valence-corrected chi connectivity index (χ1v) is 6.33. The predicted molar refractivity (Wildman–Crippen MR) is 64.9 cm³/mol. The smallest absolute Gasteiger partial charge is 0.435 e. The van der Waals surface area contributed by atoms with Crippen molar-refractivity contribution in [3.05, 3.63) is 0 Å². The zero-order valence-corrected chi connectivity index (χ0v) is 11.0. The summed E-state index contributed by atoms with van der Waals surface area (Å²) in [4.78, 5) is 23.6. The Morgan fingerprint density at radius 3 is 2.50 bits per heavy atom. The molecule has 6 heteroatoms. The lowest BCUT2D eigenvalue weighted by atomic mass is 10.1. The Morgan fingerprint density at radius 1 is 1.62 bits per heavy atom. The van der Waals surface area contributed by atoms with Gasteiger partial charge in [0.25, 0.3) is 0 Å². The number of alkyl halides is 1. The zero-order valence-electron chi connectivity index (χ0n) is 9.39. The van der Waals surface area contributed by atoms with Gasteiger partial charge in [-0.15, -0.1) is 11.6 Å². The number of quaternary nitrogens is 1. The Morgan fingerprint density at radius 2 is 2.19 bits per heavy atom. The summed E-state index contributed by atoms with van der Waals surface area (Å²) in [5.41, 5.74) is 0. The minimum absolute atomic E-state index is 0.176. The molecular weight excluding hydrogens is 250 g/mol. The quantitative estimate of drug-likeness (QED) is 0.456. The van der Waals surface area contributed by atoms with E-state index in [0.29, 0.717) is 12.2 Å². The van der Waals surface area contributed by atoms with E-state index in [4.69, 9.17) is 11.6 Å². The monoisotopic (exact) mass is 266 g/mol. The number of hydrogen-bond acceptors (Lipinski definition) is 3. The van der Waals surface area contributed by atoms with Gasteiger partial charge in [0.1, 0.15) is 12.6 Å². The highest BCUT2D eigenvalue weighted by molar-refractivity contribution is 7.80. The lowest BCUT2D eigenvalue weighted by Gasteiger charge is -2.31. The van der Waals surface area contributed by atoms with Crippen LogP contribution < -0.4 is 0 Å². The van der Waals surface area contributed by atoms with Gasteiger partial charge in [0.05, 0.1) is 11.3 Å². The molecule has 0 radical (unpaired) electrons. The minimum atomic E-state index is -1.10. The third-order valence-electron chi connectivity index (χ3n) is 3.27. The van der Waals surface area contributed by atoms with E-state index in [1.165, 1.54) is 0 Å². The number of nitrogens with zero attached hydrogens (tertiary/aromatic N) is 1. The molecule has 1 rings (SSSR count). The molecule has 1 heterocycles. The summed E-state index contributed by atoms with van der Waals surface area (Å²) in [5, 5.41) is 9.09. The fraction of sp³-hybridized carbons (Fsp3) is 0.800. The van der Waals surface area contributed by atoms with E-state index >= 15 is 0 Å². The van der Waals surface area contributed by atoms with Crippen molar-refractivity contribution in [2.45, 2.75) is 31.7 Å². The van der Waals surface area contributed by atoms with Crippen molar-refractivity contribution < 1.29 is 19.2 Å². The van der Waals surface area contributed by atoms with Crippen LogP contribution in [0.4, 0.5) is 4.79 Å². The molecule has 0 aromatic rings. The fourth-order valence-corrected chi connectivity index (χ4v) is 2.89. The molecule has 1 fully saturated rings. The van der Waals surface area contributed by atoms with E-state index in [-0.39, 0.29) is 29.8 Å². The topological polar surface area (TPSA) is 54.4 Å². The zero-order chi connectivity index (χ0) is 12.5. The Hall–Kier alpha value is -0.260. The molecule has 0 aliphatic carbocycles. The molecular formula is C10H17ClNO3S+. The average Bonchev–Trinajstić information content (AvgIpc) is 2.52. The van der Waals surface area contributed by atoms with Gasteiger partial charge >= 0.3 is 12.0 Å². The maximum atomic E-state index is 12.2. The minimum Gasteiger partial charge on any atom is -0.435 e. The number of carbonyl (C=O) groups excluding carboxylic acids is 1. The van der Waals surface area contributed by atoms with Gasteiger partial charge in [-0.25, -0.2) is 4.79 Å². The second kappa shape index (κ2) is 4.94. The maximum Gasteiger partial charge on any atom is 0.521 e. The molecule has 2 amide bonds. The first-order chi connectivity index (χ1) is 7.36. The molecule has 0 bridgehead atoms. The number of thiol groups is 1. The lowest BCUT2D eigenvalue weighted by Crippen LogP contribution is -2.60. The average molecular weight is 267 g/mol. The van der Waals surface area contributed by atoms with Crippen LogP contribution in [-0.2, 0) is 4.79 Å². The number of halogens is 1. The van der Waals surface area contributed by atoms with Crippen LogP contribution in [0.15, 0.2) is 0 Å². The summed E-state index contributed by atoms with van der Waals surface area (Å²) in [6.07, 6.45) is -0.548. The van der Waals surface area contributed by atoms with Crippen LogP contribution in [0.3, 0.4) is 0 Å². The molecule has 1 N–H and O–H groups in total. The van der Waals surface area contributed by atoms with Crippen molar-refractivity contribution >= 4 is 36.2 Å². The summed E-state index contributed by atoms with van der Waals surface area (Å²) in [7, 11) is 0. The van der Waals surface area contributed by atoms with Crippen molar-refractivity contribution in [3.8, 4) is 0 Å². The summed E-state index contributed by atoms with van der Waals surface area (Å²) in [5.74, 6) is -0.312. The van der Waals surface area contributed by atoms with Gasteiger partial charge in [-0.1, -0.05) is 0 Å². The van der Waals surface area contributed by atoms with Crippen LogP contribution in [0.5, 0.6) is 0 Å². The number of hydrogen-bond donors (Lipinski definition) is 2. The van der Waals surface area contributed by atoms with Crippen LogP contribution in [0.25, 0.3) is 0 Å². The number of likely N-dealkylation sites (tertiary alicyclic amines) is 1. The van der Waals surface area contributed by atoms with Crippen LogP contribution in [0.2, 0.25) is 0 Å². The van der Waals surface area contributed by atoms with Gasteiger partial charge in [0.15, 0.2) is 0 Å². The number of amides is 2. The molecule has 92 valence electrons. The molecule has 1 aliphatic rings. The van der Waals surface area contributed by atoms with Gasteiger partial charge in [-0.2, -0.15) is 21.9 Å². The van der Waals surface area contributed by atoms with Crippen molar-refractivity contribution in [2.75, 3.05) is 12.3 Å². The highest BCUT2D eigenvalue weighted by atomic mass is 35.5. The third kappa shape index (κ3) is 2.08. The van der Waals surface area contributed by atoms with E-state index in [9.17, 15) is 14.7 Å². The van der Waals surface area contributed by atoms with E-state index in [2.05, 4.69) is 12.6 Å². The van der Waals surface area contributed by atoms with Crippen molar-refractivity contribution in [1.29, 1.82) is 0 Å². The molecule has 0 spiro atoms. The largest absolute Gasteiger partial charge is 0.521 e. The predicted octanol–water partition coefficient (Wildman–Crippen LogP) is 1.97. The summed E-state index contributed by atoms with van der Waals surface area (Å²) in [6, 6.07) is -0.269. The second-order valence-electron chi connectivity index (χ2n) is 4.44. The highest BCUT2D eigenvalue weighted by Gasteiger charge is 2.56. The SMILES string of the molecule is CC(CS)C(=O)[N@@+]1(C(=O)O)C[C@H](Cl)C[C@H]1C. The number of carbonyl (C=O) groups is 2. The van der Waals surface area contributed by atoms with Gasteiger partial charge in [-0.3, -0.25) is 0 Å². The van der Waals surface area contributed by atoms with Crippen molar-refractivity contribution in [1.82, 2.24) is 0 Å². The van der Waals surface area contributed by atoms with E-state index in [1.54, 1.807) is 13.8 Å². The van der Waals surface area contributed by atoms with Crippen LogP contribution in [-0.4, -0.2) is 45.3 Å². The van der Waals surface area contributed by atoms with Gasteiger partial charge < -0.3 is 5.11 Å². The van der Waals surface area contributed by atoms with Gasteiger partial charge in [0, 0.05) is 12.2 Å².